The number of non-ortho nitro benzene ring substituents is 1. The lowest BCUT2D eigenvalue weighted by atomic mass is 10.2. The highest BCUT2D eigenvalue weighted by atomic mass is 127. The second kappa shape index (κ2) is 12.5. The van der Waals surface area contributed by atoms with E-state index >= 15 is 0 Å². The molecule has 0 saturated carbocycles. The molecule has 1 saturated heterocycles. The van der Waals surface area contributed by atoms with Crippen LogP contribution in [0.15, 0.2) is 65.8 Å². The maximum absolute atomic E-state index is 12.5. The number of hydrazone groups is 1. The van der Waals surface area contributed by atoms with Gasteiger partial charge in [0, 0.05) is 36.5 Å². The summed E-state index contributed by atoms with van der Waals surface area (Å²) in [6.45, 7) is 4.66. The number of rotatable bonds is 10. The van der Waals surface area contributed by atoms with Crippen molar-refractivity contribution >= 4 is 46.1 Å². The average molecular weight is 614 g/mol. The van der Waals surface area contributed by atoms with E-state index in [-0.39, 0.29) is 18.2 Å². The van der Waals surface area contributed by atoms with Crippen molar-refractivity contribution in [1.29, 1.82) is 0 Å². The smallest absolute Gasteiger partial charge is 0.271 e. The molecule has 0 bridgehead atoms. The molecule has 0 aliphatic carbocycles. The fraction of sp³-hybridized carbons (Fsp3) is 0.259. The van der Waals surface area contributed by atoms with E-state index in [1.807, 2.05) is 37.3 Å². The molecule has 1 N–H and O–H groups in total. The summed E-state index contributed by atoms with van der Waals surface area (Å²) in [4.78, 5) is 25.2. The molecule has 1 aliphatic heterocycles. The van der Waals surface area contributed by atoms with Crippen molar-refractivity contribution in [2.45, 2.75) is 26.4 Å². The zero-order chi connectivity index (χ0) is 26.2. The Hall–Kier alpha value is -3.67. The number of carbonyl (C=O) groups excluding carboxylic acids is 1. The first kappa shape index (κ1) is 26.4. The molecule has 3 aromatic carbocycles. The minimum absolute atomic E-state index is 0.0307. The van der Waals surface area contributed by atoms with Crippen molar-refractivity contribution in [1.82, 2.24) is 5.43 Å². The summed E-state index contributed by atoms with van der Waals surface area (Å²) in [5.41, 5.74) is 5.81. The van der Waals surface area contributed by atoms with Gasteiger partial charge in [-0.25, -0.2) is 5.43 Å². The van der Waals surface area contributed by atoms with Crippen molar-refractivity contribution in [3.63, 3.8) is 0 Å². The van der Waals surface area contributed by atoms with Gasteiger partial charge in [-0.1, -0.05) is 0 Å². The molecular formula is C27H27IN4O5. The molecule has 1 fully saturated rings. The number of hydrogen-bond acceptors (Lipinski definition) is 7. The minimum Gasteiger partial charge on any atom is -0.490 e. The highest BCUT2D eigenvalue weighted by Crippen LogP contribution is 2.34. The number of nitro benzene ring substituents is 1. The van der Waals surface area contributed by atoms with E-state index in [9.17, 15) is 14.9 Å². The lowest BCUT2D eigenvalue weighted by Gasteiger charge is -2.17. The van der Waals surface area contributed by atoms with E-state index in [1.54, 1.807) is 24.4 Å². The Balaban J connectivity index is 1.39. The lowest BCUT2D eigenvalue weighted by Crippen LogP contribution is -2.19. The first-order valence-corrected chi connectivity index (χ1v) is 13.0. The van der Waals surface area contributed by atoms with Crippen LogP contribution in [0, 0.1) is 13.7 Å². The highest BCUT2D eigenvalue weighted by molar-refractivity contribution is 14.1. The monoisotopic (exact) mass is 614 g/mol. The molecule has 0 spiro atoms. The molecule has 0 atom stereocenters. The Morgan fingerprint density at radius 3 is 2.46 bits per heavy atom. The van der Waals surface area contributed by atoms with Crippen molar-refractivity contribution in [2.75, 3.05) is 24.6 Å². The minimum atomic E-state index is -0.436. The first-order chi connectivity index (χ1) is 17.9. The van der Waals surface area contributed by atoms with Gasteiger partial charge in [-0.2, -0.15) is 5.10 Å². The number of nitrogens with one attached hydrogen (secondary N) is 1. The zero-order valence-corrected chi connectivity index (χ0v) is 22.5. The zero-order valence-electron chi connectivity index (χ0n) is 20.4. The fourth-order valence-corrected chi connectivity index (χ4v) is 4.74. The van der Waals surface area contributed by atoms with Crippen molar-refractivity contribution in [3.05, 3.63) is 91.0 Å². The molecule has 3 aromatic rings. The standard InChI is InChI=1S/C27H27IN4O5/c1-2-36-25-16-20(15-24(28)26(25)37-18-19-5-9-23(10-6-19)32(34)35)17-29-30-27(33)21-7-11-22(12-8-21)31-13-3-4-14-31/h5-12,15-17H,2-4,13-14,18H2,1H3,(H,30,33)/b29-17-. The van der Waals surface area contributed by atoms with Crippen LogP contribution in [0.2, 0.25) is 0 Å². The fourth-order valence-electron chi connectivity index (χ4n) is 3.96. The average Bonchev–Trinajstić information content (AvgIpc) is 3.44. The van der Waals surface area contributed by atoms with Crippen LogP contribution in [-0.2, 0) is 6.61 Å². The van der Waals surface area contributed by atoms with Crippen LogP contribution in [0.4, 0.5) is 11.4 Å². The van der Waals surface area contributed by atoms with Gasteiger partial charge in [-0.15, -0.1) is 0 Å². The second-order valence-electron chi connectivity index (χ2n) is 8.42. The Labute approximate surface area is 228 Å². The predicted molar refractivity (Wildman–Crippen MR) is 151 cm³/mol. The van der Waals surface area contributed by atoms with Crippen LogP contribution in [0.1, 0.15) is 41.3 Å². The van der Waals surface area contributed by atoms with Gasteiger partial charge in [-0.05, 0) is 102 Å². The molecule has 4 rings (SSSR count). The topological polar surface area (TPSA) is 106 Å². The third kappa shape index (κ3) is 6.97. The molecular weight excluding hydrogens is 587 g/mol. The maximum Gasteiger partial charge on any atom is 0.271 e. The summed E-state index contributed by atoms with van der Waals surface area (Å²) in [6, 6.07) is 17.4. The van der Waals surface area contributed by atoms with Crippen LogP contribution < -0.4 is 19.8 Å². The Kier molecular flexibility index (Phi) is 8.94. The quantitative estimate of drug-likeness (QED) is 0.139. The lowest BCUT2D eigenvalue weighted by molar-refractivity contribution is -0.384. The van der Waals surface area contributed by atoms with Gasteiger partial charge in [-0.3, -0.25) is 14.9 Å². The molecule has 192 valence electrons. The van der Waals surface area contributed by atoms with Crippen molar-refractivity contribution < 1.29 is 19.2 Å². The largest absolute Gasteiger partial charge is 0.490 e. The van der Waals surface area contributed by atoms with Crippen LogP contribution in [0.3, 0.4) is 0 Å². The van der Waals surface area contributed by atoms with Gasteiger partial charge in [0.15, 0.2) is 11.5 Å². The third-order valence-electron chi connectivity index (χ3n) is 5.84. The molecule has 9 nitrogen and oxygen atoms in total. The normalized spacial score (nSPS) is 13.1. The van der Waals surface area contributed by atoms with Crippen LogP contribution in [-0.4, -0.2) is 36.7 Å². The molecule has 10 heteroatoms. The van der Waals surface area contributed by atoms with Crippen LogP contribution in [0.25, 0.3) is 0 Å². The van der Waals surface area contributed by atoms with E-state index in [2.05, 4.69) is 38.0 Å². The Bertz CT molecular complexity index is 1270. The van der Waals surface area contributed by atoms with E-state index < -0.39 is 4.92 Å². The van der Waals surface area contributed by atoms with E-state index in [1.165, 1.54) is 25.0 Å². The van der Waals surface area contributed by atoms with Gasteiger partial charge in [0.05, 0.1) is 21.3 Å². The number of halogens is 1. The number of benzene rings is 3. The number of amides is 1. The van der Waals surface area contributed by atoms with Crippen LogP contribution in [0.5, 0.6) is 11.5 Å². The van der Waals surface area contributed by atoms with E-state index in [0.29, 0.717) is 23.7 Å². The third-order valence-corrected chi connectivity index (χ3v) is 6.64. The van der Waals surface area contributed by atoms with Gasteiger partial charge in [0.2, 0.25) is 0 Å². The first-order valence-electron chi connectivity index (χ1n) is 12.0. The SMILES string of the molecule is CCOc1cc(/C=N\NC(=O)c2ccc(N3CCCC3)cc2)cc(I)c1OCc1ccc([N+](=O)[O-])cc1. The summed E-state index contributed by atoms with van der Waals surface area (Å²) < 4.78 is 12.6. The molecule has 1 amide bonds. The molecule has 0 radical (unpaired) electrons. The summed E-state index contributed by atoms with van der Waals surface area (Å²) in [5.74, 6) is 0.827. The van der Waals surface area contributed by atoms with Crippen molar-refractivity contribution in [2.24, 2.45) is 5.10 Å². The molecule has 0 aromatic heterocycles. The van der Waals surface area contributed by atoms with E-state index in [4.69, 9.17) is 9.47 Å². The van der Waals surface area contributed by atoms with E-state index in [0.717, 1.165) is 33.5 Å². The predicted octanol–water partition coefficient (Wildman–Crippen LogP) is 5.54. The van der Waals surface area contributed by atoms with Gasteiger partial charge in [0.1, 0.15) is 6.61 Å². The number of ether oxygens (including phenoxy) is 2. The second-order valence-corrected chi connectivity index (χ2v) is 9.58. The molecule has 0 unspecified atom stereocenters. The molecule has 1 aliphatic rings. The van der Waals surface area contributed by atoms with Gasteiger partial charge < -0.3 is 14.4 Å². The maximum atomic E-state index is 12.5. The summed E-state index contributed by atoms with van der Waals surface area (Å²) in [7, 11) is 0. The molecule has 37 heavy (non-hydrogen) atoms. The number of anilines is 1. The van der Waals surface area contributed by atoms with Crippen LogP contribution >= 0.6 is 22.6 Å². The number of nitro groups is 1. The van der Waals surface area contributed by atoms with Gasteiger partial charge >= 0.3 is 0 Å². The van der Waals surface area contributed by atoms with Crippen molar-refractivity contribution in [3.8, 4) is 11.5 Å². The Morgan fingerprint density at radius 1 is 1.11 bits per heavy atom. The highest BCUT2D eigenvalue weighted by Gasteiger charge is 2.14. The number of carbonyl (C=O) groups is 1. The molecule has 1 heterocycles. The summed E-state index contributed by atoms with van der Waals surface area (Å²) in [5, 5.41) is 15.0. The Morgan fingerprint density at radius 2 is 1.81 bits per heavy atom. The van der Waals surface area contributed by atoms with Gasteiger partial charge in [0.25, 0.3) is 11.6 Å². The number of nitrogens with zero attached hydrogens (tertiary/aromatic N) is 3. The number of hydrogen-bond donors (Lipinski definition) is 1. The summed E-state index contributed by atoms with van der Waals surface area (Å²) in [6.07, 6.45) is 3.96. The summed E-state index contributed by atoms with van der Waals surface area (Å²) >= 11 is 2.15.